The molecule has 0 atom stereocenters. The summed E-state index contributed by atoms with van der Waals surface area (Å²) in [6, 6.07) is 0.132. The van der Waals surface area contributed by atoms with Gasteiger partial charge in [-0.3, -0.25) is 0 Å². The second-order valence-corrected chi connectivity index (χ2v) is 8.67. The van der Waals surface area contributed by atoms with Gasteiger partial charge in [-0.25, -0.2) is 4.72 Å². The summed E-state index contributed by atoms with van der Waals surface area (Å²) in [5.74, 6) is 0. The molecular weight excluding hydrogens is 288 g/mol. The molecule has 0 aromatic rings. The van der Waals surface area contributed by atoms with Crippen molar-refractivity contribution in [1.82, 2.24) is 9.03 Å². The van der Waals surface area contributed by atoms with Gasteiger partial charge in [-0.05, 0) is 25.7 Å². The lowest BCUT2D eigenvalue weighted by atomic mass is 9.75. The molecule has 5 nitrogen and oxygen atoms in total. The zero-order chi connectivity index (χ0) is 15.3. The lowest BCUT2D eigenvalue weighted by Crippen LogP contribution is -2.49. The second-order valence-electron chi connectivity index (χ2n) is 6.85. The normalized spacial score (nSPS) is 24.3. The minimum Gasteiger partial charge on any atom is -0.396 e. The molecular formula is C15H30N2O3S. The van der Waals surface area contributed by atoms with Gasteiger partial charge in [0.25, 0.3) is 10.2 Å². The van der Waals surface area contributed by atoms with Gasteiger partial charge in [-0.2, -0.15) is 12.7 Å². The highest BCUT2D eigenvalue weighted by Gasteiger charge is 2.34. The fraction of sp³-hybridized carbons (Fsp3) is 1.00. The van der Waals surface area contributed by atoms with Crippen molar-refractivity contribution in [2.45, 2.75) is 70.3 Å². The Balaban J connectivity index is 1.93. The molecule has 0 spiro atoms. The first-order chi connectivity index (χ1) is 9.99. The number of hydrogen-bond acceptors (Lipinski definition) is 3. The summed E-state index contributed by atoms with van der Waals surface area (Å²) in [5.41, 5.74) is -0.251. The van der Waals surface area contributed by atoms with Crippen LogP contribution in [0.2, 0.25) is 0 Å². The molecule has 0 aromatic heterocycles. The molecule has 2 rings (SSSR count). The molecule has 0 heterocycles. The number of rotatable bonds is 6. The van der Waals surface area contributed by atoms with Crippen LogP contribution < -0.4 is 4.72 Å². The van der Waals surface area contributed by atoms with E-state index in [0.29, 0.717) is 6.54 Å². The van der Waals surface area contributed by atoms with Crippen LogP contribution >= 0.6 is 0 Å². The van der Waals surface area contributed by atoms with E-state index in [1.165, 1.54) is 17.1 Å². The largest absolute Gasteiger partial charge is 0.396 e. The van der Waals surface area contributed by atoms with E-state index in [2.05, 4.69) is 4.72 Å². The molecule has 2 N–H and O–H groups in total. The van der Waals surface area contributed by atoms with Crippen LogP contribution in [0.4, 0.5) is 0 Å². The highest BCUT2D eigenvalue weighted by molar-refractivity contribution is 7.87. The molecule has 6 heteroatoms. The third-order valence-electron chi connectivity index (χ3n) is 5.35. The average Bonchev–Trinajstić information content (AvgIpc) is 2.54. The first-order valence-corrected chi connectivity index (χ1v) is 9.77. The van der Waals surface area contributed by atoms with Crippen molar-refractivity contribution in [3.63, 3.8) is 0 Å². The van der Waals surface area contributed by atoms with E-state index in [-0.39, 0.29) is 18.1 Å². The van der Waals surface area contributed by atoms with E-state index >= 15 is 0 Å². The van der Waals surface area contributed by atoms with Gasteiger partial charge in [0, 0.05) is 31.7 Å². The van der Waals surface area contributed by atoms with E-state index in [1.54, 1.807) is 7.05 Å². The van der Waals surface area contributed by atoms with Crippen molar-refractivity contribution in [2.24, 2.45) is 5.41 Å². The van der Waals surface area contributed by atoms with Crippen LogP contribution in [0, 0.1) is 5.41 Å². The Morgan fingerprint density at radius 3 is 2.24 bits per heavy atom. The van der Waals surface area contributed by atoms with E-state index in [9.17, 15) is 13.5 Å². The summed E-state index contributed by atoms with van der Waals surface area (Å²) in [4.78, 5) is 0. The molecule has 2 fully saturated rings. The van der Waals surface area contributed by atoms with Crippen LogP contribution in [-0.4, -0.2) is 44.1 Å². The van der Waals surface area contributed by atoms with Crippen LogP contribution in [0.5, 0.6) is 0 Å². The quantitative estimate of drug-likeness (QED) is 0.787. The van der Waals surface area contributed by atoms with Gasteiger partial charge in [-0.1, -0.05) is 38.5 Å². The number of hydrogen-bond donors (Lipinski definition) is 2. The maximum absolute atomic E-state index is 12.5. The third-order valence-corrected chi connectivity index (χ3v) is 6.91. The van der Waals surface area contributed by atoms with Crippen LogP contribution in [0.25, 0.3) is 0 Å². The van der Waals surface area contributed by atoms with Gasteiger partial charge in [0.1, 0.15) is 0 Å². The Kier molecular flexibility index (Phi) is 6.05. The predicted molar refractivity (Wildman–Crippen MR) is 84.2 cm³/mol. The third kappa shape index (κ3) is 4.41. The SMILES string of the molecule is CN(C1CCCCC1)S(=O)(=O)NCC1(CO)CCCCC1. The molecule has 0 aromatic carbocycles. The summed E-state index contributed by atoms with van der Waals surface area (Å²) in [5, 5.41) is 9.68. The lowest BCUT2D eigenvalue weighted by molar-refractivity contribution is 0.0861. The molecule has 0 saturated heterocycles. The summed E-state index contributed by atoms with van der Waals surface area (Å²) in [7, 11) is -1.75. The Hall–Kier alpha value is -0.170. The molecule has 124 valence electrons. The highest BCUT2D eigenvalue weighted by Crippen LogP contribution is 2.35. The monoisotopic (exact) mass is 318 g/mol. The van der Waals surface area contributed by atoms with Crippen LogP contribution in [0.15, 0.2) is 0 Å². The first-order valence-electron chi connectivity index (χ1n) is 8.33. The van der Waals surface area contributed by atoms with Crippen molar-refractivity contribution in [2.75, 3.05) is 20.2 Å². The average molecular weight is 318 g/mol. The molecule has 2 saturated carbocycles. The predicted octanol–water partition coefficient (Wildman–Crippen LogP) is 2.03. The number of aliphatic hydroxyl groups excluding tert-OH is 1. The maximum atomic E-state index is 12.5. The zero-order valence-electron chi connectivity index (χ0n) is 13.2. The Labute approximate surface area is 129 Å². The molecule has 0 bridgehead atoms. The van der Waals surface area contributed by atoms with Crippen LogP contribution in [0.3, 0.4) is 0 Å². The summed E-state index contributed by atoms with van der Waals surface area (Å²) in [6.45, 7) is 0.436. The minimum atomic E-state index is -3.44. The fourth-order valence-corrected chi connectivity index (χ4v) is 4.98. The Morgan fingerprint density at radius 2 is 1.67 bits per heavy atom. The van der Waals surface area contributed by atoms with E-state index in [1.807, 2.05) is 0 Å². The molecule has 2 aliphatic rings. The van der Waals surface area contributed by atoms with E-state index in [4.69, 9.17) is 0 Å². The molecule has 21 heavy (non-hydrogen) atoms. The Bertz CT molecular complexity index is 413. The number of nitrogens with one attached hydrogen (secondary N) is 1. The zero-order valence-corrected chi connectivity index (χ0v) is 14.0. The van der Waals surface area contributed by atoms with Gasteiger partial charge in [-0.15, -0.1) is 0 Å². The molecule has 0 unspecified atom stereocenters. The van der Waals surface area contributed by atoms with Gasteiger partial charge < -0.3 is 5.11 Å². The van der Waals surface area contributed by atoms with Gasteiger partial charge in [0.2, 0.25) is 0 Å². The summed E-state index contributed by atoms with van der Waals surface area (Å²) in [6.07, 6.45) is 10.6. The van der Waals surface area contributed by atoms with Crippen molar-refractivity contribution in [3.8, 4) is 0 Å². The second kappa shape index (κ2) is 7.40. The van der Waals surface area contributed by atoms with Gasteiger partial charge in [0.05, 0.1) is 0 Å². The van der Waals surface area contributed by atoms with Gasteiger partial charge >= 0.3 is 0 Å². The summed E-state index contributed by atoms with van der Waals surface area (Å²) < 4.78 is 29.2. The smallest absolute Gasteiger partial charge is 0.279 e. The van der Waals surface area contributed by atoms with Crippen LogP contribution in [0.1, 0.15) is 64.2 Å². The van der Waals surface area contributed by atoms with E-state index < -0.39 is 10.2 Å². The molecule has 0 aliphatic heterocycles. The lowest BCUT2D eigenvalue weighted by Gasteiger charge is -2.37. The first kappa shape index (κ1) is 17.2. The van der Waals surface area contributed by atoms with Crippen molar-refractivity contribution in [1.29, 1.82) is 0 Å². The number of nitrogens with zero attached hydrogens (tertiary/aromatic N) is 1. The van der Waals surface area contributed by atoms with E-state index in [0.717, 1.165) is 51.4 Å². The van der Waals surface area contributed by atoms with Gasteiger partial charge in [0.15, 0.2) is 0 Å². The highest BCUT2D eigenvalue weighted by atomic mass is 32.2. The molecule has 0 amide bonds. The van der Waals surface area contributed by atoms with Crippen LogP contribution in [-0.2, 0) is 10.2 Å². The standard InChI is InChI=1S/C15H30N2O3S/c1-17(14-8-4-2-5-9-14)21(19,20)16-12-15(13-18)10-6-3-7-11-15/h14,16,18H,2-13H2,1H3. The Morgan fingerprint density at radius 1 is 1.10 bits per heavy atom. The van der Waals surface area contributed by atoms with Crippen molar-refractivity contribution >= 4 is 10.2 Å². The topological polar surface area (TPSA) is 69.6 Å². The molecule has 0 radical (unpaired) electrons. The van der Waals surface area contributed by atoms with Crippen molar-refractivity contribution in [3.05, 3.63) is 0 Å². The number of aliphatic hydroxyl groups is 1. The maximum Gasteiger partial charge on any atom is 0.279 e. The summed E-state index contributed by atoms with van der Waals surface area (Å²) >= 11 is 0. The molecule has 2 aliphatic carbocycles. The van der Waals surface area contributed by atoms with Crippen molar-refractivity contribution < 1.29 is 13.5 Å². The fourth-order valence-electron chi connectivity index (χ4n) is 3.68. The minimum absolute atomic E-state index is 0.0721.